The van der Waals surface area contributed by atoms with Crippen molar-refractivity contribution in [2.75, 3.05) is 33.8 Å². The van der Waals surface area contributed by atoms with Crippen molar-refractivity contribution >= 4 is 5.91 Å². The summed E-state index contributed by atoms with van der Waals surface area (Å²) in [5, 5.41) is 18.3. The van der Waals surface area contributed by atoms with Crippen LogP contribution in [0.25, 0.3) is 0 Å². The second-order valence-corrected chi connectivity index (χ2v) is 7.53. The van der Waals surface area contributed by atoms with Crippen molar-refractivity contribution in [3.63, 3.8) is 0 Å². The first kappa shape index (κ1) is 18.2. The van der Waals surface area contributed by atoms with Gasteiger partial charge >= 0.3 is 0 Å². The number of β-amino-alcohol motifs (C(OH)–C–C–N with tert-alkyl or cyclic N) is 1. The Balaban J connectivity index is 1.58. The van der Waals surface area contributed by atoms with Gasteiger partial charge in [0.15, 0.2) is 5.69 Å². The zero-order valence-electron chi connectivity index (χ0n) is 15.8. The molecule has 0 radical (unpaired) electrons. The van der Waals surface area contributed by atoms with Gasteiger partial charge in [0.25, 0.3) is 5.91 Å². The number of likely N-dealkylation sites (tertiary alicyclic amines) is 1. The number of nitrogens with zero attached hydrogens (tertiary/aromatic N) is 3. The summed E-state index contributed by atoms with van der Waals surface area (Å²) in [5.41, 5.74) is 2.82. The molecule has 7 nitrogen and oxygen atoms in total. The normalized spacial score (nSPS) is 25.5. The Morgan fingerprint density at radius 2 is 2.15 bits per heavy atom. The number of carbonyl (C=O) groups is 1. The number of nitrogens with one attached hydrogen (secondary N) is 1. The van der Waals surface area contributed by atoms with Crippen LogP contribution in [-0.4, -0.2) is 70.9 Å². The van der Waals surface area contributed by atoms with Crippen LogP contribution >= 0.6 is 0 Å². The molecule has 2 atom stereocenters. The van der Waals surface area contributed by atoms with Crippen LogP contribution in [0.15, 0.2) is 30.3 Å². The van der Waals surface area contributed by atoms with E-state index in [0.29, 0.717) is 31.9 Å². The zero-order valence-corrected chi connectivity index (χ0v) is 15.8. The molecule has 2 aliphatic heterocycles. The van der Waals surface area contributed by atoms with Crippen molar-refractivity contribution in [3.05, 3.63) is 52.8 Å². The van der Waals surface area contributed by atoms with E-state index in [2.05, 4.69) is 15.1 Å². The summed E-state index contributed by atoms with van der Waals surface area (Å²) in [6.07, 6.45) is 0.703. The summed E-state index contributed by atoms with van der Waals surface area (Å²) >= 11 is 0. The first-order valence-corrected chi connectivity index (χ1v) is 9.38. The van der Waals surface area contributed by atoms with Crippen LogP contribution < -0.4 is 0 Å². The van der Waals surface area contributed by atoms with Crippen LogP contribution in [0.2, 0.25) is 0 Å². The molecule has 144 valence electrons. The van der Waals surface area contributed by atoms with Crippen molar-refractivity contribution < 1.29 is 14.6 Å². The van der Waals surface area contributed by atoms with Crippen LogP contribution in [0.1, 0.15) is 33.7 Å². The SMILES string of the molecule is CN(C)[C@]1(c2ccccc2)CCN(C(=O)c2n[nH]c3c2COCC3)C[C@H]1O. The van der Waals surface area contributed by atoms with Crippen molar-refractivity contribution in [3.8, 4) is 0 Å². The van der Waals surface area contributed by atoms with Crippen LogP contribution in [0.3, 0.4) is 0 Å². The number of hydrogen-bond donors (Lipinski definition) is 2. The maximum atomic E-state index is 13.1. The Bertz CT molecular complexity index is 820. The lowest BCUT2D eigenvalue weighted by Gasteiger charge is -2.49. The van der Waals surface area contributed by atoms with E-state index in [1.807, 2.05) is 44.4 Å². The summed E-state index contributed by atoms with van der Waals surface area (Å²) in [6.45, 7) is 1.89. The molecule has 3 heterocycles. The number of aromatic amines is 1. The van der Waals surface area contributed by atoms with E-state index in [-0.39, 0.29) is 12.5 Å². The van der Waals surface area contributed by atoms with Gasteiger partial charge in [-0.1, -0.05) is 30.3 Å². The van der Waals surface area contributed by atoms with Gasteiger partial charge in [0.1, 0.15) is 0 Å². The molecule has 7 heteroatoms. The predicted molar refractivity (Wildman–Crippen MR) is 100 cm³/mol. The van der Waals surface area contributed by atoms with Crippen molar-refractivity contribution in [2.24, 2.45) is 0 Å². The first-order chi connectivity index (χ1) is 13.0. The minimum absolute atomic E-state index is 0.141. The highest BCUT2D eigenvalue weighted by atomic mass is 16.5. The number of amides is 1. The van der Waals surface area contributed by atoms with Gasteiger partial charge in [0, 0.05) is 30.8 Å². The van der Waals surface area contributed by atoms with Crippen molar-refractivity contribution in [1.82, 2.24) is 20.0 Å². The number of aliphatic hydroxyl groups excluding tert-OH is 1. The van der Waals surface area contributed by atoms with Gasteiger partial charge in [-0.2, -0.15) is 5.10 Å². The fourth-order valence-electron chi connectivity index (χ4n) is 4.39. The number of ether oxygens (including phenoxy) is 1. The zero-order chi connectivity index (χ0) is 19.0. The number of fused-ring (bicyclic) bond motifs is 1. The number of benzene rings is 1. The number of aliphatic hydroxyl groups is 1. The average molecular weight is 370 g/mol. The molecule has 1 aromatic carbocycles. The molecule has 1 amide bonds. The van der Waals surface area contributed by atoms with Gasteiger partial charge in [0.05, 0.1) is 24.9 Å². The molecule has 0 aliphatic carbocycles. The average Bonchev–Trinajstić information content (AvgIpc) is 3.12. The highest BCUT2D eigenvalue weighted by Gasteiger charge is 2.46. The number of likely N-dealkylation sites (N-methyl/N-ethyl adjacent to an activating group) is 1. The summed E-state index contributed by atoms with van der Waals surface area (Å²) in [6, 6.07) is 10.0. The van der Waals surface area contributed by atoms with Gasteiger partial charge in [-0.05, 0) is 26.1 Å². The van der Waals surface area contributed by atoms with Gasteiger partial charge in [-0.3, -0.25) is 14.8 Å². The standard InChI is InChI=1S/C20H26N4O3/c1-23(2)20(14-6-4-3-5-7-14)9-10-24(12-17(20)25)19(26)18-15-13-27-11-8-16(15)21-22-18/h3-7,17,25H,8-13H2,1-2H3,(H,21,22)/t17-,20+/m1/s1. The molecule has 0 unspecified atom stereocenters. The topological polar surface area (TPSA) is 81.7 Å². The maximum Gasteiger partial charge on any atom is 0.274 e. The van der Waals surface area contributed by atoms with Gasteiger partial charge in [-0.15, -0.1) is 0 Å². The first-order valence-electron chi connectivity index (χ1n) is 9.38. The molecule has 1 aromatic heterocycles. The molecule has 2 N–H and O–H groups in total. The van der Waals surface area contributed by atoms with Crippen LogP contribution in [-0.2, 0) is 23.3 Å². The highest BCUT2D eigenvalue weighted by Crippen LogP contribution is 2.38. The van der Waals surface area contributed by atoms with Gasteiger partial charge in [0.2, 0.25) is 0 Å². The molecular weight excluding hydrogens is 344 g/mol. The molecule has 4 rings (SSSR count). The number of hydrogen-bond acceptors (Lipinski definition) is 5. The lowest BCUT2D eigenvalue weighted by Crippen LogP contribution is -2.61. The van der Waals surface area contributed by atoms with E-state index >= 15 is 0 Å². The molecule has 2 aliphatic rings. The minimum Gasteiger partial charge on any atom is -0.389 e. The number of aromatic nitrogens is 2. The third-order valence-electron chi connectivity index (χ3n) is 5.96. The van der Waals surface area contributed by atoms with Crippen LogP contribution in [0.5, 0.6) is 0 Å². The Morgan fingerprint density at radius 3 is 2.85 bits per heavy atom. The lowest BCUT2D eigenvalue weighted by molar-refractivity contribution is -0.0613. The largest absolute Gasteiger partial charge is 0.389 e. The predicted octanol–water partition coefficient (Wildman–Crippen LogP) is 1.15. The van der Waals surface area contributed by atoms with E-state index in [9.17, 15) is 9.90 Å². The highest BCUT2D eigenvalue weighted by molar-refractivity contribution is 5.94. The van der Waals surface area contributed by atoms with E-state index in [1.54, 1.807) is 4.90 Å². The van der Waals surface area contributed by atoms with Gasteiger partial charge in [-0.25, -0.2) is 0 Å². The lowest BCUT2D eigenvalue weighted by atomic mass is 9.77. The molecule has 1 saturated heterocycles. The Labute approximate surface area is 158 Å². The fourth-order valence-corrected chi connectivity index (χ4v) is 4.39. The molecule has 2 aromatic rings. The minimum atomic E-state index is -0.696. The van der Waals surface area contributed by atoms with Gasteiger partial charge < -0.3 is 14.7 Å². The van der Waals surface area contributed by atoms with E-state index in [4.69, 9.17) is 4.74 Å². The fraction of sp³-hybridized carbons (Fsp3) is 0.500. The Kier molecular flexibility index (Phi) is 4.75. The molecule has 0 saturated carbocycles. The number of carbonyl (C=O) groups excluding carboxylic acids is 1. The molecule has 0 spiro atoms. The second kappa shape index (κ2) is 7.07. The molecule has 27 heavy (non-hydrogen) atoms. The second-order valence-electron chi connectivity index (χ2n) is 7.53. The van der Waals surface area contributed by atoms with Crippen molar-refractivity contribution in [2.45, 2.75) is 31.1 Å². The summed E-state index contributed by atoms with van der Waals surface area (Å²) in [7, 11) is 3.96. The number of rotatable bonds is 3. The summed E-state index contributed by atoms with van der Waals surface area (Å²) in [5.74, 6) is -0.141. The number of piperidine rings is 1. The monoisotopic (exact) mass is 370 g/mol. The van der Waals surface area contributed by atoms with Crippen LogP contribution in [0, 0.1) is 0 Å². The third kappa shape index (κ3) is 2.96. The third-order valence-corrected chi connectivity index (χ3v) is 5.96. The number of H-pyrrole nitrogens is 1. The molecule has 0 bridgehead atoms. The van der Waals surface area contributed by atoms with E-state index in [1.165, 1.54) is 0 Å². The van der Waals surface area contributed by atoms with Crippen LogP contribution in [0.4, 0.5) is 0 Å². The van der Waals surface area contributed by atoms with E-state index < -0.39 is 11.6 Å². The smallest absolute Gasteiger partial charge is 0.274 e. The maximum absolute atomic E-state index is 13.1. The Morgan fingerprint density at radius 1 is 1.37 bits per heavy atom. The quantitative estimate of drug-likeness (QED) is 0.847. The molecule has 1 fully saturated rings. The summed E-state index contributed by atoms with van der Waals surface area (Å²) in [4.78, 5) is 16.8. The Hall–Kier alpha value is -2.22. The van der Waals surface area contributed by atoms with Crippen molar-refractivity contribution in [1.29, 1.82) is 0 Å². The summed E-state index contributed by atoms with van der Waals surface area (Å²) < 4.78 is 5.49. The molecular formula is C20H26N4O3. The van der Waals surface area contributed by atoms with E-state index in [0.717, 1.165) is 23.2 Å².